The smallest absolute Gasteiger partial charge is 0.339 e. The van der Waals surface area contributed by atoms with E-state index >= 15 is 0 Å². The van der Waals surface area contributed by atoms with E-state index in [-0.39, 0.29) is 5.56 Å². The molecule has 2 rings (SSSR count). The van der Waals surface area contributed by atoms with E-state index in [1.807, 2.05) is 0 Å². The highest BCUT2D eigenvalue weighted by Gasteiger charge is 2.20. The van der Waals surface area contributed by atoms with Gasteiger partial charge in [-0.05, 0) is 37.3 Å². The summed E-state index contributed by atoms with van der Waals surface area (Å²) in [5, 5.41) is 2.61. The average Bonchev–Trinajstić information content (AvgIpc) is 2.55. The topological polar surface area (TPSA) is 64.6 Å². The van der Waals surface area contributed by atoms with Crippen LogP contribution in [0.5, 0.6) is 5.75 Å². The summed E-state index contributed by atoms with van der Waals surface area (Å²) in [7, 11) is 1.48. The predicted octanol–water partition coefficient (Wildman–Crippen LogP) is 3.02. The normalized spacial score (nSPS) is 11.4. The standard InChI is InChI=1S/C17H16FNO4/c1-11(23-17(21)12-6-5-7-13(18)10-12)16(20)19-14-8-3-4-9-15(14)22-2/h3-11H,1-2H3,(H,19,20)/t11-/m0/s1. The van der Waals surface area contributed by atoms with Gasteiger partial charge in [0.15, 0.2) is 6.10 Å². The Morgan fingerprint density at radius 3 is 2.57 bits per heavy atom. The molecular formula is C17H16FNO4. The molecule has 0 bridgehead atoms. The number of amides is 1. The highest BCUT2D eigenvalue weighted by atomic mass is 19.1. The van der Waals surface area contributed by atoms with E-state index < -0.39 is 23.8 Å². The van der Waals surface area contributed by atoms with E-state index in [0.717, 1.165) is 6.07 Å². The Hall–Kier alpha value is -2.89. The van der Waals surface area contributed by atoms with Crippen LogP contribution in [0.3, 0.4) is 0 Å². The first-order valence-electron chi connectivity index (χ1n) is 6.91. The van der Waals surface area contributed by atoms with Crippen LogP contribution >= 0.6 is 0 Å². The zero-order valence-corrected chi connectivity index (χ0v) is 12.7. The summed E-state index contributed by atoms with van der Waals surface area (Å²) >= 11 is 0. The number of hydrogen-bond acceptors (Lipinski definition) is 4. The third-order valence-electron chi connectivity index (χ3n) is 3.08. The lowest BCUT2D eigenvalue weighted by Gasteiger charge is -2.15. The minimum atomic E-state index is -1.05. The Morgan fingerprint density at radius 1 is 1.13 bits per heavy atom. The van der Waals surface area contributed by atoms with Crippen LogP contribution in [0.25, 0.3) is 0 Å². The van der Waals surface area contributed by atoms with Crippen LogP contribution in [0.1, 0.15) is 17.3 Å². The number of anilines is 1. The molecule has 0 radical (unpaired) electrons. The van der Waals surface area contributed by atoms with Gasteiger partial charge in [0.05, 0.1) is 18.4 Å². The molecule has 0 spiro atoms. The zero-order valence-electron chi connectivity index (χ0n) is 12.7. The van der Waals surface area contributed by atoms with Gasteiger partial charge in [-0.25, -0.2) is 9.18 Å². The lowest BCUT2D eigenvalue weighted by Crippen LogP contribution is -2.30. The van der Waals surface area contributed by atoms with Crippen molar-refractivity contribution in [1.82, 2.24) is 0 Å². The van der Waals surface area contributed by atoms with E-state index in [4.69, 9.17) is 9.47 Å². The van der Waals surface area contributed by atoms with Gasteiger partial charge >= 0.3 is 5.97 Å². The predicted molar refractivity (Wildman–Crippen MR) is 82.9 cm³/mol. The number of carbonyl (C=O) groups is 2. The molecular weight excluding hydrogens is 301 g/mol. The van der Waals surface area contributed by atoms with Crippen LogP contribution in [0, 0.1) is 5.82 Å². The summed E-state index contributed by atoms with van der Waals surface area (Å²) < 4.78 is 23.3. The van der Waals surface area contributed by atoms with Crippen molar-refractivity contribution in [1.29, 1.82) is 0 Å². The molecule has 23 heavy (non-hydrogen) atoms. The molecule has 2 aromatic carbocycles. The summed E-state index contributed by atoms with van der Waals surface area (Å²) in [5.74, 6) is -1.35. The molecule has 0 aromatic heterocycles. The Labute approximate surface area is 133 Å². The van der Waals surface area contributed by atoms with Crippen molar-refractivity contribution < 1.29 is 23.5 Å². The molecule has 0 aliphatic heterocycles. The van der Waals surface area contributed by atoms with Crippen molar-refractivity contribution in [2.75, 3.05) is 12.4 Å². The summed E-state index contributed by atoms with van der Waals surface area (Å²) in [5.41, 5.74) is 0.510. The fourth-order valence-electron chi connectivity index (χ4n) is 1.88. The quantitative estimate of drug-likeness (QED) is 0.861. The van der Waals surface area contributed by atoms with Crippen LogP contribution in [0.4, 0.5) is 10.1 Å². The monoisotopic (exact) mass is 317 g/mol. The molecule has 2 aromatic rings. The molecule has 0 aliphatic carbocycles. The van der Waals surface area contributed by atoms with Crippen molar-refractivity contribution in [2.24, 2.45) is 0 Å². The van der Waals surface area contributed by atoms with Gasteiger partial charge in [0, 0.05) is 0 Å². The Kier molecular flexibility index (Phi) is 5.30. The van der Waals surface area contributed by atoms with Gasteiger partial charge in [-0.15, -0.1) is 0 Å². The molecule has 120 valence electrons. The van der Waals surface area contributed by atoms with Crippen molar-refractivity contribution >= 4 is 17.6 Å². The molecule has 1 N–H and O–H groups in total. The maximum Gasteiger partial charge on any atom is 0.339 e. The molecule has 6 heteroatoms. The van der Waals surface area contributed by atoms with E-state index in [1.165, 1.54) is 32.2 Å². The van der Waals surface area contributed by atoms with E-state index in [1.54, 1.807) is 24.3 Å². The third-order valence-corrected chi connectivity index (χ3v) is 3.08. The molecule has 0 saturated carbocycles. The van der Waals surface area contributed by atoms with Gasteiger partial charge in [-0.1, -0.05) is 18.2 Å². The average molecular weight is 317 g/mol. The number of carbonyl (C=O) groups excluding carboxylic acids is 2. The highest BCUT2D eigenvalue weighted by molar-refractivity contribution is 5.98. The molecule has 1 amide bonds. The first kappa shape index (κ1) is 16.5. The first-order chi connectivity index (χ1) is 11.0. The molecule has 0 saturated heterocycles. The third kappa shape index (κ3) is 4.29. The second kappa shape index (κ2) is 7.40. The number of para-hydroxylation sites is 2. The van der Waals surface area contributed by atoms with Crippen LogP contribution in [-0.4, -0.2) is 25.1 Å². The number of benzene rings is 2. The van der Waals surface area contributed by atoms with Gasteiger partial charge in [-0.3, -0.25) is 4.79 Å². The number of nitrogens with one attached hydrogen (secondary N) is 1. The summed E-state index contributed by atoms with van der Waals surface area (Å²) in [4.78, 5) is 24.0. The van der Waals surface area contributed by atoms with E-state index in [9.17, 15) is 14.0 Å². The maximum atomic E-state index is 13.1. The van der Waals surface area contributed by atoms with Crippen LogP contribution in [-0.2, 0) is 9.53 Å². The second-order valence-electron chi connectivity index (χ2n) is 4.75. The maximum absolute atomic E-state index is 13.1. The minimum absolute atomic E-state index is 0.0435. The zero-order chi connectivity index (χ0) is 16.8. The van der Waals surface area contributed by atoms with Gasteiger partial charge in [-0.2, -0.15) is 0 Å². The van der Waals surface area contributed by atoms with Crippen molar-refractivity contribution in [3.05, 3.63) is 59.9 Å². The molecule has 5 nitrogen and oxygen atoms in total. The first-order valence-corrected chi connectivity index (χ1v) is 6.91. The molecule has 0 heterocycles. The van der Waals surface area contributed by atoms with Gasteiger partial charge < -0.3 is 14.8 Å². The van der Waals surface area contributed by atoms with Crippen LogP contribution in [0.15, 0.2) is 48.5 Å². The van der Waals surface area contributed by atoms with E-state index in [2.05, 4.69) is 5.32 Å². The Balaban J connectivity index is 2.01. The number of hydrogen-bond donors (Lipinski definition) is 1. The minimum Gasteiger partial charge on any atom is -0.495 e. The van der Waals surface area contributed by atoms with Crippen molar-refractivity contribution in [3.8, 4) is 5.75 Å². The summed E-state index contributed by atoms with van der Waals surface area (Å²) in [6, 6.07) is 11.9. The van der Waals surface area contributed by atoms with Crippen LogP contribution < -0.4 is 10.1 Å². The fraction of sp³-hybridized carbons (Fsp3) is 0.176. The second-order valence-corrected chi connectivity index (χ2v) is 4.75. The largest absolute Gasteiger partial charge is 0.495 e. The van der Waals surface area contributed by atoms with E-state index in [0.29, 0.717) is 11.4 Å². The number of ether oxygens (including phenoxy) is 2. The number of halogens is 1. The van der Waals surface area contributed by atoms with Crippen molar-refractivity contribution in [3.63, 3.8) is 0 Å². The lowest BCUT2D eigenvalue weighted by molar-refractivity contribution is -0.123. The highest BCUT2D eigenvalue weighted by Crippen LogP contribution is 2.23. The fourth-order valence-corrected chi connectivity index (χ4v) is 1.88. The van der Waals surface area contributed by atoms with Crippen molar-refractivity contribution in [2.45, 2.75) is 13.0 Å². The SMILES string of the molecule is COc1ccccc1NC(=O)[C@H](C)OC(=O)c1cccc(F)c1. The number of methoxy groups -OCH3 is 1. The Morgan fingerprint density at radius 2 is 1.87 bits per heavy atom. The lowest BCUT2D eigenvalue weighted by atomic mass is 10.2. The summed E-state index contributed by atoms with van der Waals surface area (Å²) in [6.45, 7) is 1.43. The molecule has 0 unspecified atom stereocenters. The number of esters is 1. The summed E-state index contributed by atoms with van der Waals surface area (Å²) in [6.07, 6.45) is -1.05. The van der Waals surface area contributed by atoms with Crippen LogP contribution in [0.2, 0.25) is 0 Å². The molecule has 0 aliphatic rings. The van der Waals surface area contributed by atoms with Gasteiger partial charge in [0.1, 0.15) is 11.6 Å². The van der Waals surface area contributed by atoms with Gasteiger partial charge in [0.2, 0.25) is 0 Å². The van der Waals surface area contributed by atoms with Gasteiger partial charge in [0.25, 0.3) is 5.91 Å². The number of rotatable bonds is 5. The molecule has 1 atom stereocenters. The molecule has 0 fully saturated rings. The Bertz CT molecular complexity index is 717.